The maximum absolute atomic E-state index is 13.2. The van der Waals surface area contributed by atoms with Crippen LogP contribution in [0.5, 0.6) is 0 Å². The van der Waals surface area contributed by atoms with Crippen molar-refractivity contribution in [2.75, 3.05) is 31.9 Å². The van der Waals surface area contributed by atoms with Gasteiger partial charge in [-0.15, -0.1) is 12.4 Å². The van der Waals surface area contributed by atoms with Crippen molar-refractivity contribution in [1.82, 2.24) is 9.80 Å². The Kier molecular flexibility index (Phi) is 6.79. The van der Waals surface area contributed by atoms with Crippen molar-refractivity contribution in [3.63, 3.8) is 0 Å². The standard InChI is InChI=1S/C19H22FN3O.ClH/c20-17-3-1-2-16(12-17)14-22-8-10-23(11-9-22)19(24)13-15-4-6-18(21)7-5-15;/h1-7,12H,8-11,13-14,21H2;1H. The number of piperazine rings is 1. The van der Waals surface area contributed by atoms with Crippen LogP contribution >= 0.6 is 12.4 Å². The highest BCUT2D eigenvalue weighted by Gasteiger charge is 2.21. The quantitative estimate of drug-likeness (QED) is 0.850. The molecule has 0 saturated carbocycles. The second kappa shape index (κ2) is 8.83. The first-order valence-electron chi connectivity index (χ1n) is 8.19. The van der Waals surface area contributed by atoms with Gasteiger partial charge in [-0.25, -0.2) is 4.39 Å². The van der Waals surface area contributed by atoms with Crippen LogP contribution in [0.25, 0.3) is 0 Å². The molecule has 1 aliphatic heterocycles. The van der Waals surface area contributed by atoms with Crippen molar-refractivity contribution in [1.29, 1.82) is 0 Å². The molecule has 1 fully saturated rings. The summed E-state index contributed by atoms with van der Waals surface area (Å²) >= 11 is 0. The Hall–Kier alpha value is -2.11. The summed E-state index contributed by atoms with van der Waals surface area (Å²) in [6.07, 6.45) is 0.407. The summed E-state index contributed by atoms with van der Waals surface area (Å²) < 4.78 is 13.2. The Bertz CT molecular complexity index is 700. The van der Waals surface area contributed by atoms with Gasteiger partial charge in [0, 0.05) is 38.4 Å². The van der Waals surface area contributed by atoms with Gasteiger partial charge < -0.3 is 10.6 Å². The molecule has 2 aromatic carbocycles. The molecule has 6 heteroatoms. The minimum Gasteiger partial charge on any atom is -0.399 e. The van der Waals surface area contributed by atoms with Gasteiger partial charge in [-0.05, 0) is 35.4 Å². The maximum atomic E-state index is 13.2. The highest BCUT2D eigenvalue weighted by molar-refractivity contribution is 5.85. The van der Waals surface area contributed by atoms with E-state index in [9.17, 15) is 9.18 Å². The van der Waals surface area contributed by atoms with Gasteiger partial charge in [0.2, 0.25) is 5.91 Å². The SMILES string of the molecule is Cl.Nc1ccc(CC(=O)N2CCN(Cc3cccc(F)c3)CC2)cc1. The number of carbonyl (C=O) groups is 1. The van der Waals surface area contributed by atoms with E-state index in [-0.39, 0.29) is 24.1 Å². The van der Waals surface area contributed by atoms with Crippen molar-refractivity contribution in [2.24, 2.45) is 0 Å². The number of nitrogens with two attached hydrogens (primary N) is 1. The largest absolute Gasteiger partial charge is 0.399 e. The number of hydrogen-bond donors (Lipinski definition) is 1. The van der Waals surface area contributed by atoms with Crippen LogP contribution in [0.2, 0.25) is 0 Å². The van der Waals surface area contributed by atoms with Gasteiger partial charge in [0.15, 0.2) is 0 Å². The Morgan fingerprint density at radius 2 is 1.68 bits per heavy atom. The molecule has 3 rings (SSSR count). The van der Waals surface area contributed by atoms with Gasteiger partial charge in [0.05, 0.1) is 6.42 Å². The molecule has 1 aliphatic rings. The molecular formula is C19H23ClFN3O. The number of carbonyl (C=O) groups excluding carboxylic acids is 1. The summed E-state index contributed by atoms with van der Waals surface area (Å²) in [6.45, 7) is 3.76. The van der Waals surface area contributed by atoms with E-state index >= 15 is 0 Å². The molecule has 1 saturated heterocycles. The lowest BCUT2D eigenvalue weighted by molar-refractivity contribution is -0.132. The molecule has 0 unspecified atom stereocenters. The third kappa shape index (κ3) is 5.44. The number of amides is 1. The molecule has 2 N–H and O–H groups in total. The molecule has 0 bridgehead atoms. The van der Waals surface area contributed by atoms with E-state index in [2.05, 4.69) is 4.90 Å². The number of halogens is 2. The molecular weight excluding hydrogens is 341 g/mol. The fourth-order valence-electron chi connectivity index (χ4n) is 2.97. The van der Waals surface area contributed by atoms with Crippen molar-refractivity contribution >= 4 is 24.0 Å². The molecule has 0 aromatic heterocycles. The summed E-state index contributed by atoms with van der Waals surface area (Å²) in [5, 5.41) is 0. The summed E-state index contributed by atoms with van der Waals surface area (Å²) in [5.74, 6) is -0.0602. The summed E-state index contributed by atoms with van der Waals surface area (Å²) in [5.41, 5.74) is 8.32. The summed E-state index contributed by atoms with van der Waals surface area (Å²) in [6, 6.07) is 14.1. The van der Waals surface area contributed by atoms with E-state index in [1.54, 1.807) is 12.1 Å². The van der Waals surface area contributed by atoms with Crippen molar-refractivity contribution in [2.45, 2.75) is 13.0 Å². The second-order valence-electron chi connectivity index (χ2n) is 6.21. The van der Waals surface area contributed by atoms with Crippen molar-refractivity contribution in [3.8, 4) is 0 Å². The summed E-state index contributed by atoms with van der Waals surface area (Å²) in [4.78, 5) is 16.5. The zero-order chi connectivity index (χ0) is 16.9. The van der Waals surface area contributed by atoms with Crippen molar-refractivity contribution in [3.05, 3.63) is 65.5 Å². The molecule has 25 heavy (non-hydrogen) atoms. The van der Waals surface area contributed by atoms with Crippen LogP contribution < -0.4 is 5.73 Å². The third-order valence-corrected chi connectivity index (χ3v) is 4.36. The minimum absolute atomic E-state index is 0. The van der Waals surface area contributed by atoms with Crippen LogP contribution in [0.4, 0.5) is 10.1 Å². The average molecular weight is 364 g/mol. The van der Waals surface area contributed by atoms with E-state index in [0.29, 0.717) is 25.2 Å². The Balaban J connectivity index is 0.00000225. The van der Waals surface area contributed by atoms with Crippen LogP contribution in [0.1, 0.15) is 11.1 Å². The Labute approximate surface area is 153 Å². The van der Waals surface area contributed by atoms with Crippen LogP contribution in [0, 0.1) is 5.82 Å². The first-order valence-corrected chi connectivity index (χ1v) is 8.19. The van der Waals surface area contributed by atoms with E-state index < -0.39 is 0 Å². The van der Waals surface area contributed by atoms with E-state index in [0.717, 1.165) is 30.8 Å². The van der Waals surface area contributed by atoms with Gasteiger partial charge >= 0.3 is 0 Å². The lowest BCUT2D eigenvalue weighted by Gasteiger charge is -2.34. The molecule has 4 nitrogen and oxygen atoms in total. The van der Waals surface area contributed by atoms with Gasteiger partial charge in [0.1, 0.15) is 5.82 Å². The first-order chi connectivity index (χ1) is 11.6. The molecule has 1 heterocycles. The fraction of sp³-hybridized carbons (Fsp3) is 0.316. The minimum atomic E-state index is -0.204. The normalized spacial score (nSPS) is 14.8. The second-order valence-corrected chi connectivity index (χ2v) is 6.21. The smallest absolute Gasteiger partial charge is 0.227 e. The predicted molar refractivity (Wildman–Crippen MR) is 100 cm³/mol. The zero-order valence-electron chi connectivity index (χ0n) is 14.0. The fourth-order valence-corrected chi connectivity index (χ4v) is 2.97. The number of rotatable bonds is 4. The van der Waals surface area contributed by atoms with Gasteiger partial charge in [0.25, 0.3) is 0 Å². The van der Waals surface area contributed by atoms with E-state index in [1.807, 2.05) is 35.2 Å². The van der Waals surface area contributed by atoms with Crippen LogP contribution in [-0.2, 0) is 17.8 Å². The molecule has 0 spiro atoms. The number of nitrogen functional groups attached to an aromatic ring is 1. The number of nitrogens with zero attached hydrogens (tertiary/aromatic N) is 2. The Morgan fingerprint density at radius 1 is 1.00 bits per heavy atom. The highest BCUT2D eigenvalue weighted by atomic mass is 35.5. The molecule has 2 aromatic rings. The number of benzene rings is 2. The molecule has 0 atom stereocenters. The highest BCUT2D eigenvalue weighted by Crippen LogP contribution is 2.12. The van der Waals surface area contributed by atoms with Crippen LogP contribution in [0.3, 0.4) is 0 Å². The third-order valence-electron chi connectivity index (χ3n) is 4.36. The van der Waals surface area contributed by atoms with Crippen LogP contribution in [0.15, 0.2) is 48.5 Å². The van der Waals surface area contributed by atoms with Gasteiger partial charge in [-0.3, -0.25) is 9.69 Å². The zero-order valence-corrected chi connectivity index (χ0v) is 14.8. The average Bonchev–Trinajstić information content (AvgIpc) is 2.57. The molecule has 0 radical (unpaired) electrons. The number of hydrogen-bond acceptors (Lipinski definition) is 3. The van der Waals surface area contributed by atoms with Crippen molar-refractivity contribution < 1.29 is 9.18 Å². The topological polar surface area (TPSA) is 49.6 Å². The van der Waals surface area contributed by atoms with E-state index in [1.165, 1.54) is 6.07 Å². The lowest BCUT2D eigenvalue weighted by Crippen LogP contribution is -2.48. The molecule has 134 valence electrons. The lowest BCUT2D eigenvalue weighted by atomic mass is 10.1. The maximum Gasteiger partial charge on any atom is 0.227 e. The summed E-state index contributed by atoms with van der Waals surface area (Å²) in [7, 11) is 0. The Morgan fingerprint density at radius 3 is 2.32 bits per heavy atom. The first kappa shape index (κ1) is 19.2. The van der Waals surface area contributed by atoms with Gasteiger partial charge in [-0.2, -0.15) is 0 Å². The molecule has 1 amide bonds. The predicted octanol–water partition coefficient (Wildman–Crippen LogP) is 2.72. The number of anilines is 1. The monoisotopic (exact) mass is 363 g/mol. The van der Waals surface area contributed by atoms with Crippen LogP contribution in [-0.4, -0.2) is 41.9 Å². The van der Waals surface area contributed by atoms with E-state index in [4.69, 9.17) is 5.73 Å². The van der Waals surface area contributed by atoms with Gasteiger partial charge in [-0.1, -0.05) is 24.3 Å². The molecule has 0 aliphatic carbocycles.